The second kappa shape index (κ2) is 6.89. The van der Waals surface area contributed by atoms with Crippen molar-refractivity contribution in [2.75, 3.05) is 6.54 Å². The molecule has 0 saturated carbocycles. The predicted molar refractivity (Wildman–Crippen MR) is 74.2 cm³/mol. The van der Waals surface area contributed by atoms with Crippen LogP contribution in [0.15, 0.2) is 30.9 Å². The monoisotopic (exact) mass is 260 g/mol. The minimum Gasteiger partial charge on any atom is -0.452 e. The van der Waals surface area contributed by atoms with E-state index >= 15 is 0 Å². The lowest BCUT2D eigenvalue weighted by Crippen LogP contribution is -2.11. The van der Waals surface area contributed by atoms with Crippen LogP contribution in [0.25, 0.3) is 0 Å². The lowest BCUT2D eigenvalue weighted by atomic mass is 10.3. The van der Waals surface area contributed by atoms with Crippen LogP contribution >= 0.6 is 0 Å². The molecule has 0 fully saturated rings. The SMILES string of the molecule is CCCn1cc(Oc2cncc(CNCC)c2)cn1. The van der Waals surface area contributed by atoms with Gasteiger partial charge >= 0.3 is 0 Å². The van der Waals surface area contributed by atoms with E-state index in [1.165, 1.54) is 0 Å². The van der Waals surface area contributed by atoms with E-state index in [0.717, 1.165) is 43.1 Å². The molecule has 0 aromatic carbocycles. The average molecular weight is 260 g/mol. The highest BCUT2D eigenvalue weighted by Crippen LogP contribution is 2.20. The number of hydrogen-bond donors (Lipinski definition) is 1. The normalized spacial score (nSPS) is 10.6. The van der Waals surface area contributed by atoms with Crippen molar-refractivity contribution in [1.82, 2.24) is 20.1 Å². The van der Waals surface area contributed by atoms with Crippen LogP contribution in [0.3, 0.4) is 0 Å². The Morgan fingerprint density at radius 1 is 1.21 bits per heavy atom. The zero-order valence-corrected chi connectivity index (χ0v) is 11.5. The van der Waals surface area contributed by atoms with E-state index in [1.54, 1.807) is 12.4 Å². The van der Waals surface area contributed by atoms with Gasteiger partial charge < -0.3 is 10.1 Å². The largest absolute Gasteiger partial charge is 0.452 e. The minimum atomic E-state index is 0.742. The first-order valence-corrected chi connectivity index (χ1v) is 6.66. The van der Waals surface area contributed by atoms with Crippen LogP contribution < -0.4 is 10.1 Å². The summed E-state index contributed by atoms with van der Waals surface area (Å²) in [6.45, 7) is 6.85. The Morgan fingerprint density at radius 2 is 2.11 bits per heavy atom. The summed E-state index contributed by atoms with van der Waals surface area (Å²) < 4.78 is 7.63. The van der Waals surface area contributed by atoms with E-state index in [-0.39, 0.29) is 0 Å². The standard InChI is InChI=1S/C14H20N4O/c1-3-5-18-11-14(10-17-18)19-13-6-12(7-15-4-2)8-16-9-13/h6,8-11,15H,3-5,7H2,1-2H3. The summed E-state index contributed by atoms with van der Waals surface area (Å²) in [6, 6.07) is 1.99. The van der Waals surface area contributed by atoms with Crippen molar-refractivity contribution < 1.29 is 4.74 Å². The Bertz CT molecular complexity index is 510. The first kappa shape index (κ1) is 13.5. The van der Waals surface area contributed by atoms with E-state index in [0.29, 0.717) is 0 Å². The average Bonchev–Trinajstić information content (AvgIpc) is 2.85. The fourth-order valence-electron chi connectivity index (χ4n) is 1.77. The molecule has 1 N–H and O–H groups in total. The van der Waals surface area contributed by atoms with Crippen LogP contribution in [0, 0.1) is 0 Å². The second-order valence-electron chi connectivity index (χ2n) is 4.35. The Morgan fingerprint density at radius 3 is 2.89 bits per heavy atom. The molecule has 0 unspecified atom stereocenters. The molecule has 2 heterocycles. The van der Waals surface area contributed by atoms with Gasteiger partial charge in [-0.3, -0.25) is 9.67 Å². The Labute approximate surface area is 113 Å². The molecule has 0 radical (unpaired) electrons. The third-order valence-electron chi connectivity index (χ3n) is 2.65. The molecule has 2 rings (SSSR count). The quantitative estimate of drug-likeness (QED) is 0.831. The summed E-state index contributed by atoms with van der Waals surface area (Å²) in [5.41, 5.74) is 1.11. The third-order valence-corrected chi connectivity index (χ3v) is 2.65. The summed E-state index contributed by atoms with van der Waals surface area (Å²) in [7, 11) is 0. The number of nitrogens with one attached hydrogen (secondary N) is 1. The maximum Gasteiger partial charge on any atom is 0.165 e. The van der Waals surface area contributed by atoms with E-state index in [4.69, 9.17) is 4.74 Å². The molecule has 102 valence electrons. The van der Waals surface area contributed by atoms with Gasteiger partial charge in [0.05, 0.1) is 18.6 Å². The van der Waals surface area contributed by atoms with Gasteiger partial charge in [-0.1, -0.05) is 13.8 Å². The van der Waals surface area contributed by atoms with Gasteiger partial charge in [0, 0.05) is 19.3 Å². The van der Waals surface area contributed by atoms with Crippen molar-refractivity contribution in [3.05, 3.63) is 36.4 Å². The molecule has 2 aromatic heterocycles. The number of ether oxygens (including phenoxy) is 1. The number of aromatic nitrogens is 3. The van der Waals surface area contributed by atoms with Crippen molar-refractivity contribution in [3.63, 3.8) is 0 Å². The molecule has 0 amide bonds. The van der Waals surface area contributed by atoms with Crippen molar-refractivity contribution in [2.45, 2.75) is 33.4 Å². The van der Waals surface area contributed by atoms with Gasteiger partial charge in [0.15, 0.2) is 5.75 Å². The van der Waals surface area contributed by atoms with E-state index in [1.807, 2.05) is 23.1 Å². The van der Waals surface area contributed by atoms with Crippen LogP contribution in [0.5, 0.6) is 11.5 Å². The van der Waals surface area contributed by atoms with Gasteiger partial charge in [-0.2, -0.15) is 5.10 Å². The summed E-state index contributed by atoms with van der Waals surface area (Å²) in [6.07, 6.45) is 8.25. The smallest absolute Gasteiger partial charge is 0.165 e. The van der Waals surface area contributed by atoms with Gasteiger partial charge in [-0.15, -0.1) is 0 Å². The number of nitrogens with zero attached hydrogens (tertiary/aromatic N) is 3. The fraction of sp³-hybridized carbons (Fsp3) is 0.429. The van der Waals surface area contributed by atoms with Crippen molar-refractivity contribution in [3.8, 4) is 11.5 Å². The molecule has 19 heavy (non-hydrogen) atoms. The van der Waals surface area contributed by atoms with Gasteiger partial charge in [0.2, 0.25) is 0 Å². The molecule has 0 saturated heterocycles. The maximum absolute atomic E-state index is 5.75. The number of rotatable bonds is 7. The van der Waals surface area contributed by atoms with Gasteiger partial charge in [0.25, 0.3) is 0 Å². The molecule has 5 nitrogen and oxygen atoms in total. The van der Waals surface area contributed by atoms with Crippen molar-refractivity contribution >= 4 is 0 Å². The third kappa shape index (κ3) is 4.06. The highest BCUT2D eigenvalue weighted by atomic mass is 16.5. The number of hydrogen-bond acceptors (Lipinski definition) is 4. The van der Waals surface area contributed by atoms with Gasteiger partial charge in [-0.05, 0) is 24.6 Å². The zero-order valence-electron chi connectivity index (χ0n) is 11.5. The highest BCUT2D eigenvalue weighted by Gasteiger charge is 2.02. The summed E-state index contributed by atoms with van der Waals surface area (Å²) in [4.78, 5) is 4.18. The van der Waals surface area contributed by atoms with E-state index < -0.39 is 0 Å². The molecule has 0 spiro atoms. The minimum absolute atomic E-state index is 0.742. The van der Waals surface area contributed by atoms with Crippen LogP contribution in [-0.4, -0.2) is 21.3 Å². The summed E-state index contributed by atoms with van der Waals surface area (Å²) in [5.74, 6) is 1.49. The van der Waals surface area contributed by atoms with Crippen molar-refractivity contribution in [2.24, 2.45) is 0 Å². The maximum atomic E-state index is 5.75. The molecule has 0 aliphatic carbocycles. The first-order chi connectivity index (χ1) is 9.31. The molecular weight excluding hydrogens is 240 g/mol. The molecule has 2 aromatic rings. The van der Waals surface area contributed by atoms with E-state index in [2.05, 4.69) is 29.2 Å². The Balaban J connectivity index is 2.01. The number of aryl methyl sites for hydroxylation is 1. The van der Waals surface area contributed by atoms with Gasteiger partial charge in [0.1, 0.15) is 5.75 Å². The molecule has 0 aliphatic rings. The highest BCUT2D eigenvalue weighted by molar-refractivity contribution is 5.28. The first-order valence-electron chi connectivity index (χ1n) is 6.66. The number of pyridine rings is 1. The second-order valence-corrected chi connectivity index (χ2v) is 4.35. The molecular formula is C14H20N4O. The lowest BCUT2D eigenvalue weighted by molar-refractivity contribution is 0.477. The van der Waals surface area contributed by atoms with E-state index in [9.17, 15) is 0 Å². The van der Waals surface area contributed by atoms with Crippen molar-refractivity contribution in [1.29, 1.82) is 0 Å². The van der Waals surface area contributed by atoms with Crippen LogP contribution in [0.2, 0.25) is 0 Å². The van der Waals surface area contributed by atoms with Gasteiger partial charge in [-0.25, -0.2) is 0 Å². The van der Waals surface area contributed by atoms with Crippen LogP contribution in [0.4, 0.5) is 0 Å². The molecule has 0 bridgehead atoms. The Kier molecular flexibility index (Phi) is 4.92. The van der Waals surface area contributed by atoms with Crippen LogP contribution in [0.1, 0.15) is 25.8 Å². The topological polar surface area (TPSA) is 52.0 Å². The predicted octanol–water partition coefficient (Wildman–Crippen LogP) is 2.59. The molecule has 5 heteroatoms. The fourth-order valence-corrected chi connectivity index (χ4v) is 1.77. The molecule has 0 atom stereocenters. The molecule has 0 aliphatic heterocycles. The lowest BCUT2D eigenvalue weighted by Gasteiger charge is -2.05. The van der Waals surface area contributed by atoms with Crippen LogP contribution in [-0.2, 0) is 13.1 Å². The zero-order chi connectivity index (χ0) is 13.5. The Hall–Kier alpha value is -1.88. The summed E-state index contributed by atoms with van der Waals surface area (Å²) >= 11 is 0. The summed E-state index contributed by atoms with van der Waals surface area (Å²) in [5, 5.41) is 7.50.